The first kappa shape index (κ1) is 14.6. The van der Waals surface area contributed by atoms with Gasteiger partial charge in [-0.15, -0.1) is 0 Å². The second-order valence-electron chi connectivity index (χ2n) is 4.23. The Morgan fingerprint density at radius 1 is 1.25 bits per heavy atom. The molecule has 2 aromatic carbocycles. The third-order valence-electron chi connectivity index (χ3n) is 2.68. The van der Waals surface area contributed by atoms with E-state index in [1.807, 2.05) is 0 Å². The third kappa shape index (κ3) is 2.86. The van der Waals surface area contributed by atoms with E-state index < -0.39 is 15.8 Å². The molecule has 0 heterocycles. The molecule has 2 rings (SSSR count). The predicted molar refractivity (Wildman–Crippen MR) is 77.8 cm³/mol. The highest BCUT2D eigenvalue weighted by molar-refractivity contribution is 7.92. The minimum Gasteiger partial charge on any atom is -0.399 e. The fourth-order valence-corrected chi connectivity index (χ4v) is 3.22. The molecule has 0 saturated carbocycles. The molecule has 20 heavy (non-hydrogen) atoms. The average molecular weight is 315 g/mol. The van der Waals surface area contributed by atoms with Gasteiger partial charge in [-0.3, -0.25) is 4.72 Å². The van der Waals surface area contributed by atoms with Crippen LogP contribution in [0.3, 0.4) is 0 Å². The maximum Gasteiger partial charge on any atom is 0.262 e. The van der Waals surface area contributed by atoms with Crippen LogP contribution in [0.5, 0.6) is 0 Å². The van der Waals surface area contributed by atoms with Gasteiger partial charge < -0.3 is 5.73 Å². The second-order valence-corrected chi connectivity index (χ2v) is 6.29. The maximum absolute atomic E-state index is 13.7. The molecule has 0 unspecified atom stereocenters. The molecule has 0 bridgehead atoms. The monoisotopic (exact) mass is 314 g/mol. The Morgan fingerprint density at radius 3 is 2.60 bits per heavy atom. The van der Waals surface area contributed by atoms with E-state index >= 15 is 0 Å². The molecular formula is C13H12ClFN2O2S. The fraction of sp³-hybridized carbons (Fsp3) is 0.0769. The van der Waals surface area contributed by atoms with Crippen molar-refractivity contribution in [3.05, 3.63) is 52.8 Å². The summed E-state index contributed by atoms with van der Waals surface area (Å²) in [6.45, 7) is 1.61. The zero-order valence-electron chi connectivity index (χ0n) is 10.5. The number of sulfonamides is 1. The summed E-state index contributed by atoms with van der Waals surface area (Å²) in [7, 11) is -3.90. The van der Waals surface area contributed by atoms with Gasteiger partial charge in [-0.2, -0.15) is 0 Å². The molecule has 2 aromatic rings. The minimum absolute atomic E-state index is 0.0334. The molecule has 0 spiro atoms. The minimum atomic E-state index is -3.90. The zero-order chi connectivity index (χ0) is 14.9. The number of anilines is 2. The number of benzene rings is 2. The predicted octanol–water partition coefficient (Wildman–Crippen LogP) is 3.17. The smallest absolute Gasteiger partial charge is 0.262 e. The van der Waals surface area contributed by atoms with Crippen molar-refractivity contribution in [2.75, 3.05) is 10.5 Å². The highest BCUT2D eigenvalue weighted by atomic mass is 35.5. The Kier molecular flexibility index (Phi) is 3.87. The molecule has 0 aliphatic carbocycles. The van der Waals surface area contributed by atoms with Crippen LogP contribution in [0.25, 0.3) is 0 Å². The van der Waals surface area contributed by atoms with Gasteiger partial charge in [0.25, 0.3) is 10.0 Å². The van der Waals surface area contributed by atoms with Crippen molar-refractivity contribution in [3.63, 3.8) is 0 Å². The molecule has 4 nitrogen and oxygen atoms in total. The Balaban J connectivity index is 2.44. The van der Waals surface area contributed by atoms with Crippen molar-refractivity contribution < 1.29 is 12.8 Å². The molecular weight excluding hydrogens is 303 g/mol. The molecule has 0 radical (unpaired) electrons. The first-order chi connectivity index (χ1) is 9.31. The van der Waals surface area contributed by atoms with Gasteiger partial charge in [0.05, 0.1) is 15.6 Å². The zero-order valence-corrected chi connectivity index (χ0v) is 12.1. The number of halogens is 2. The lowest BCUT2D eigenvalue weighted by Crippen LogP contribution is -2.15. The van der Waals surface area contributed by atoms with Gasteiger partial charge >= 0.3 is 0 Å². The highest BCUT2D eigenvalue weighted by Crippen LogP contribution is 2.26. The normalized spacial score (nSPS) is 11.3. The van der Waals surface area contributed by atoms with Crippen LogP contribution in [-0.2, 0) is 10.0 Å². The number of hydrogen-bond donors (Lipinski definition) is 2. The van der Waals surface area contributed by atoms with Gasteiger partial charge in [0, 0.05) is 5.69 Å². The average Bonchev–Trinajstić information content (AvgIpc) is 2.34. The van der Waals surface area contributed by atoms with E-state index in [0.29, 0.717) is 11.3 Å². The molecule has 0 saturated heterocycles. The van der Waals surface area contributed by atoms with Crippen molar-refractivity contribution in [3.8, 4) is 0 Å². The lowest BCUT2D eigenvalue weighted by Gasteiger charge is -2.11. The van der Waals surface area contributed by atoms with Crippen LogP contribution < -0.4 is 10.5 Å². The van der Waals surface area contributed by atoms with Crippen molar-refractivity contribution in [1.29, 1.82) is 0 Å². The van der Waals surface area contributed by atoms with Crippen LogP contribution in [0.4, 0.5) is 15.8 Å². The van der Waals surface area contributed by atoms with E-state index in [-0.39, 0.29) is 15.6 Å². The molecule has 0 aliphatic rings. The number of aryl methyl sites for hydroxylation is 1. The summed E-state index contributed by atoms with van der Waals surface area (Å²) in [6.07, 6.45) is 0. The Labute approximate surface area is 121 Å². The Hall–Kier alpha value is -1.79. The molecule has 7 heteroatoms. The van der Waals surface area contributed by atoms with E-state index in [1.165, 1.54) is 36.4 Å². The van der Waals surface area contributed by atoms with Gasteiger partial charge in [0.2, 0.25) is 0 Å². The summed E-state index contributed by atoms with van der Waals surface area (Å²) in [5.74, 6) is -0.814. The standard InChI is InChI=1S/C13H12ClFN2O2S/c1-8-7-9(16)5-6-12(8)20(18,19)17-11-4-2-3-10(14)13(11)15/h2-7,17H,16H2,1H3. The molecule has 0 atom stereocenters. The molecule has 3 N–H and O–H groups in total. The van der Waals surface area contributed by atoms with Crippen LogP contribution >= 0.6 is 11.6 Å². The highest BCUT2D eigenvalue weighted by Gasteiger charge is 2.19. The summed E-state index contributed by atoms with van der Waals surface area (Å²) >= 11 is 5.61. The van der Waals surface area contributed by atoms with Crippen molar-refractivity contribution in [2.45, 2.75) is 11.8 Å². The summed E-state index contributed by atoms with van der Waals surface area (Å²) in [4.78, 5) is 0.0334. The van der Waals surface area contributed by atoms with Gasteiger partial charge in [0.1, 0.15) is 0 Å². The SMILES string of the molecule is Cc1cc(N)ccc1S(=O)(=O)Nc1cccc(Cl)c1F. The van der Waals surface area contributed by atoms with Gasteiger partial charge in [-0.05, 0) is 42.8 Å². The fourth-order valence-electron chi connectivity index (χ4n) is 1.76. The summed E-state index contributed by atoms with van der Waals surface area (Å²) < 4.78 is 40.4. The van der Waals surface area contributed by atoms with E-state index in [0.717, 1.165) is 0 Å². The first-order valence-corrected chi connectivity index (χ1v) is 7.50. The second kappa shape index (κ2) is 5.30. The van der Waals surface area contributed by atoms with Gasteiger partial charge in [0.15, 0.2) is 5.82 Å². The van der Waals surface area contributed by atoms with E-state index in [4.69, 9.17) is 17.3 Å². The van der Waals surface area contributed by atoms with Crippen LogP contribution in [0.15, 0.2) is 41.3 Å². The first-order valence-electron chi connectivity index (χ1n) is 5.64. The van der Waals surface area contributed by atoms with Crippen molar-refractivity contribution in [2.24, 2.45) is 0 Å². The van der Waals surface area contributed by atoms with Crippen molar-refractivity contribution in [1.82, 2.24) is 0 Å². The topological polar surface area (TPSA) is 72.2 Å². The molecule has 0 aliphatic heterocycles. The molecule has 0 aromatic heterocycles. The number of nitrogens with one attached hydrogen (secondary N) is 1. The van der Waals surface area contributed by atoms with E-state index in [9.17, 15) is 12.8 Å². The number of hydrogen-bond acceptors (Lipinski definition) is 3. The van der Waals surface area contributed by atoms with Gasteiger partial charge in [-0.1, -0.05) is 17.7 Å². The van der Waals surface area contributed by atoms with Crippen LogP contribution in [0.1, 0.15) is 5.56 Å². The molecule has 0 amide bonds. The van der Waals surface area contributed by atoms with Crippen LogP contribution in [0, 0.1) is 12.7 Å². The summed E-state index contributed by atoms with van der Waals surface area (Å²) in [5.41, 5.74) is 6.30. The summed E-state index contributed by atoms with van der Waals surface area (Å²) in [6, 6.07) is 8.46. The Morgan fingerprint density at radius 2 is 1.95 bits per heavy atom. The van der Waals surface area contributed by atoms with E-state index in [1.54, 1.807) is 6.92 Å². The largest absolute Gasteiger partial charge is 0.399 e. The van der Waals surface area contributed by atoms with Gasteiger partial charge in [-0.25, -0.2) is 12.8 Å². The lowest BCUT2D eigenvalue weighted by atomic mass is 10.2. The molecule has 0 fully saturated rings. The third-order valence-corrected chi connectivity index (χ3v) is 4.50. The number of nitrogens with two attached hydrogens (primary N) is 1. The van der Waals surface area contributed by atoms with Crippen LogP contribution in [-0.4, -0.2) is 8.42 Å². The molecule has 106 valence electrons. The summed E-state index contributed by atoms with van der Waals surface area (Å²) in [5, 5.41) is -0.153. The number of nitrogen functional groups attached to an aromatic ring is 1. The van der Waals surface area contributed by atoms with Crippen molar-refractivity contribution >= 4 is 33.0 Å². The lowest BCUT2D eigenvalue weighted by molar-refractivity contribution is 0.598. The maximum atomic E-state index is 13.7. The van der Waals surface area contributed by atoms with Crippen LogP contribution in [0.2, 0.25) is 5.02 Å². The quantitative estimate of drug-likeness (QED) is 0.855. The number of rotatable bonds is 3. The Bertz CT molecular complexity index is 763. The van der Waals surface area contributed by atoms with E-state index in [2.05, 4.69) is 4.72 Å².